The molecule has 3 aromatic rings. The SMILES string of the molecule is Cc1ccccc1CNC(=O)c1ccc(NC(=O)CSc2nncn2C)cc1. The maximum Gasteiger partial charge on any atom is 0.251 e. The average Bonchev–Trinajstić information content (AvgIpc) is 3.11. The Balaban J connectivity index is 1.50. The van der Waals surface area contributed by atoms with Gasteiger partial charge in [0.2, 0.25) is 5.91 Å². The summed E-state index contributed by atoms with van der Waals surface area (Å²) in [5.74, 6) is -0.0747. The van der Waals surface area contributed by atoms with Gasteiger partial charge < -0.3 is 15.2 Å². The second-order valence-corrected chi connectivity index (χ2v) is 7.19. The number of nitrogens with one attached hydrogen (secondary N) is 2. The number of rotatable bonds is 7. The highest BCUT2D eigenvalue weighted by atomic mass is 32.2. The number of carbonyl (C=O) groups is 2. The quantitative estimate of drug-likeness (QED) is 0.601. The van der Waals surface area contributed by atoms with Gasteiger partial charge in [0.05, 0.1) is 5.75 Å². The Morgan fingerprint density at radius 1 is 1.11 bits per heavy atom. The first-order chi connectivity index (χ1) is 13.5. The first kappa shape index (κ1) is 19.6. The van der Waals surface area contributed by atoms with Crippen LogP contribution in [0.3, 0.4) is 0 Å². The van der Waals surface area contributed by atoms with E-state index in [0.717, 1.165) is 11.1 Å². The largest absolute Gasteiger partial charge is 0.348 e. The highest BCUT2D eigenvalue weighted by Gasteiger charge is 2.09. The Hall–Kier alpha value is -3.13. The van der Waals surface area contributed by atoms with Crippen molar-refractivity contribution in [1.29, 1.82) is 0 Å². The first-order valence-corrected chi connectivity index (χ1v) is 9.71. The van der Waals surface area contributed by atoms with Crippen LogP contribution in [-0.2, 0) is 18.4 Å². The molecule has 28 heavy (non-hydrogen) atoms. The normalized spacial score (nSPS) is 10.5. The van der Waals surface area contributed by atoms with Crippen LogP contribution in [0.5, 0.6) is 0 Å². The van der Waals surface area contributed by atoms with Crippen molar-refractivity contribution in [3.63, 3.8) is 0 Å². The third kappa shape index (κ3) is 5.20. The molecule has 0 spiro atoms. The molecule has 2 amide bonds. The topological polar surface area (TPSA) is 88.9 Å². The molecule has 0 fully saturated rings. The van der Waals surface area contributed by atoms with Gasteiger partial charge in [0.25, 0.3) is 5.91 Å². The molecule has 2 aromatic carbocycles. The lowest BCUT2D eigenvalue weighted by Gasteiger charge is -2.09. The van der Waals surface area contributed by atoms with Gasteiger partial charge in [-0.2, -0.15) is 0 Å². The van der Waals surface area contributed by atoms with Crippen molar-refractivity contribution in [3.05, 3.63) is 71.5 Å². The number of nitrogens with zero attached hydrogens (tertiary/aromatic N) is 3. The van der Waals surface area contributed by atoms with E-state index in [-0.39, 0.29) is 17.6 Å². The van der Waals surface area contributed by atoms with Gasteiger partial charge in [-0.15, -0.1) is 10.2 Å². The van der Waals surface area contributed by atoms with Gasteiger partial charge in [0, 0.05) is 24.8 Å². The number of aromatic nitrogens is 3. The third-order valence-electron chi connectivity index (χ3n) is 4.13. The van der Waals surface area contributed by atoms with Crippen LogP contribution in [0.2, 0.25) is 0 Å². The van der Waals surface area contributed by atoms with Gasteiger partial charge in [0.1, 0.15) is 6.33 Å². The Kier molecular flexibility index (Phi) is 6.44. The maximum absolute atomic E-state index is 12.3. The molecule has 0 aliphatic carbocycles. The summed E-state index contributed by atoms with van der Waals surface area (Å²) in [6, 6.07) is 14.8. The summed E-state index contributed by atoms with van der Waals surface area (Å²) < 4.78 is 1.75. The summed E-state index contributed by atoms with van der Waals surface area (Å²) in [5.41, 5.74) is 3.40. The molecule has 0 aliphatic rings. The van der Waals surface area contributed by atoms with Crippen LogP contribution >= 0.6 is 11.8 Å². The van der Waals surface area contributed by atoms with E-state index in [2.05, 4.69) is 20.8 Å². The molecule has 0 saturated heterocycles. The zero-order valence-corrected chi connectivity index (χ0v) is 16.5. The van der Waals surface area contributed by atoms with Crippen LogP contribution < -0.4 is 10.6 Å². The molecule has 1 heterocycles. The van der Waals surface area contributed by atoms with Gasteiger partial charge in [-0.1, -0.05) is 36.0 Å². The molecule has 7 nitrogen and oxygen atoms in total. The summed E-state index contributed by atoms with van der Waals surface area (Å²) in [6.07, 6.45) is 1.59. The zero-order valence-electron chi connectivity index (χ0n) is 15.7. The fourth-order valence-corrected chi connectivity index (χ4v) is 3.21. The Labute approximate surface area is 167 Å². The van der Waals surface area contributed by atoms with Crippen molar-refractivity contribution in [3.8, 4) is 0 Å². The summed E-state index contributed by atoms with van der Waals surface area (Å²) in [6.45, 7) is 2.49. The number of hydrogen-bond donors (Lipinski definition) is 2. The Morgan fingerprint density at radius 3 is 2.54 bits per heavy atom. The predicted octanol–water partition coefficient (Wildman–Crippen LogP) is 2.78. The van der Waals surface area contributed by atoms with Crippen molar-refractivity contribution in [2.75, 3.05) is 11.1 Å². The van der Waals surface area contributed by atoms with Crippen LogP contribution in [0.4, 0.5) is 5.69 Å². The number of anilines is 1. The molecule has 0 aliphatic heterocycles. The van der Waals surface area contributed by atoms with Gasteiger partial charge in [-0.25, -0.2) is 0 Å². The van der Waals surface area contributed by atoms with E-state index in [1.165, 1.54) is 11.8 Å². The van der Waals surface area contributed by atoms with E-state index < -0.39 is 0 Å². The minimum atomic E-state index is -0.154. The first-order valence-electron chi connectivity index (χ1n) is 8.72. The summed E-state index contributed by atoms with van der Waals surface area (Å²) >= 11 is 1.31. The number of benzene rings is 2. The lowest BCUT2D eigenvalue weighted by Crippen LogP contribution is -2.23. The van der Waals surface area contributed by atoms with E-state index in [9.17, 15) is 9.59 Å². The third-order valence-corrected chi connectivity index (χ3v) is 5.17. The molecular weight excluding hydrogens is 374 g/mol. The molecular formula is C20H21N5O2S. The van der Waals surface area contributed by atoms with E-state index in [0.29, 0.717) is 23.0 Å². The summed E-state index contributed by atoms with van der Waals surface area (Å²) in [5, 5.41) is 14.1. The lowest BCUT2D eigenvalue weighted by molar-refractivity contribution is -0.113. The zero-order chi connectivity index (χ0) is 19.9. The highest BCUT2D eigenvalue weighted by Crippen LogP contribution is 2.15. The van der Waals surface area contributed by atoms with Crippen molar-refractivity contribution in [2.45, 2.75) is 18.6 Å². The standard InChI is InChI=1S/C20H21N5O2S/c1-14-5-3-4-6-16(14)11-21-19(27)15-7-9-17(10-8-15)23-18(26)12-28-20-24-22-13-25(20)2/h3-10,13H,11-12H2,1-2H3,(H,21,27)(H,23,26). The fraction of sp³-hybridized carbons (Fsp3) is 0.200. The summed E-state index contributed by atoms with van der Waals surface area (Å²) in [7, 11) is 1.82. The highest BCUT2D eigenvalue weighted by molar-refractivity contribution is 7.99. The lowest BCUT2D eigenvalue weighted by atomic mass is 10.1. The van der Waals surface area contributed by atoms with Gasteiger partial charge in [0.15, 0.2) is 5.16 Å². The number of carbonyl (C=O) groups excluding carboxylic acids is 2. The number of thioether (sulfide) groups is 1. The molecule has 0 atom stereocenters. The van der Waals surface area contributed by atoms with Crippen LogP contribution in [0.1, 0.15) is 21.5 Å². The van der Waals surface area contributed by atoms with Crippen LogP contribution in [0.25, 0.3) is 0 Å². The minimum absolute atomic E-state index is 0.148. The van der Waals surface area contributed by atoms with E-state index in [1.54, 1.807) is 35.2 Å². The molecule has 3 rings (SSSR count). The van der Waals surface area contributed by atoms with E-state index >= 15 is 0 Å². The Bertz CT molecular complexity index is 969. The van der Waals surface area contributed by atoms with Crippen molar-refractivity contribution < 1.29 is 9.59 Å². The van der Waals surface area contributed by atoms with E-state index in [1.807, 2.05) is 38.2 Å². The monoisotopic (exact) mass is 395 g/mol. The van der Waals surface area contributed by atoms with Crippen molar-refractivity contribution >= 4 is 29.3 Å². The van der Waals surface area contributed by atoms with Crippen LogP contribution in [-0.4, -0.2) is 32.3 Å². The summed E-state index contributed by atoms with van der Waals surface area (Å²) in [4.78, 5) is 24.4. The minimum Gasteiger partial charge on any atom is -0.348 e. The van der Waals surface area contributed by atoms with Crippen molar-refractivity contribution in [2.24, 2.45) is 7.05 Å². The molecule has 0 unspecified atom stereocenters. The number of hydrogen-bond acceptors (Lipinski definition) is 5. The van der Waals surface area contributed by atoms with Crippen LogP contribution in [0.15, 0.2) is 60.0 Å². The smallest absolute Gasteiger partial charge is 0.251 e. The predicted molar refractivity (Wildman–Crippen MR) is 109 cm³/mol. The molecule has 144 valence electrons. The second-order valence-electron chi connectivity index (χ2n) is 6.25. The molecule has 0 bridgehead atoms. The molecule has 0 radical (unpaired) electrons. The number of amides is 2. The molecule has 2 N–H and O–H groups in total. The molecule has 0 saturated carbocycles. The Morgan fingerprint density at radius 2 is 1.86 bits per heavy atom. The van der Waals surface area contributed by atoms with E-state index in [4.69, 9.17) is 0 Å². The van der Waals surface area contributed by atoms with Gasteiger partial charge in [-0.05, 0) is 42.3 Å². The molecule has 1 aromatic heterocycles. The second kappa shape index (κ2) is 9.18. The van der Waals surface area contributed by atoms with Gasteiger partial charge >= 0.3 is 0 Å². The van der Waals surface area contributed by atoms with Crippen molar-refractivity contribution in [1.82, 2.24) is 20.1 Å². The fourth-order valence-electron chi connectivity index (χ4n) is 2.52. The average molecular weight is 395 g/mol. The van der Waals surface area contributed by atoms with Crippen LogP contribution in [0, 0.1) is 6.92 Å². The van der Waals surface area contributed by atoms with Gasteiger partial charge in [-0.3, -0.25) is 9.59 Å². The molecule has 8 heteroatoms. The number of aryl methyl sites for hydroxylation is 2. The maximum atomic E-state index is 12.3.